The zero-order chi connectivity index (χ0) is 28.0. The number of fused-ring (bicyclic) bond motifs is 2. The third-order valence-electron chi connectivity index (χ3n) is 7.40. The first-order chi connectivity index (χ1) is 19.2. The van der Waals surface area contributed by atoms with Crippen molar-refractivity contribution in [3.05, 3.63) is 82.4 Å². The van der Waals surface area contributed by atoms with Gasteiger partial charge in [0.15, 0.2) is 0 Å². The first-order valence-corrected chi connectivity index (χ1v) is 13.1. The van der Waals surface area contributed by atoms with Gasteiger partial charge < -0.3 is 25.1 Å². The molecule has 40 heavy (non-hydrogen) atoms. The predicted molar refractivity (Wildman–Crippen MR) is 151 cm³/mol. The number of H-pyrrole nitrogens is 2. The number of likely N-dealkylation sites (N-methyl/N-ethyl adjacent to an activating group) is 1. The number of para-hydroxylation sites is 1. The molecule has 3 aromatic heterocycles. The Hall–Kier alpha value is -4.38. The summed E-state index contributed by atoms with van der Waals surface area (Å²) in [6.45, 7) is 4.23. The molecule has 1 aliphatic heterocycles. The third kappa shape index (κ3) is 4.77. The van der Waals surface area contributed by atoms with E-state index in [1.165, 1.54) is 6.07 Å². The summed E-state index contributed by atoms with van der Waals surface area (Å²) in [6.07, 6.45) is -2.86. The van der Waals surface area contributed by atoms with Crippen molar-refractivity contribution in [1.82, 2.24) is 24.8 Å². The zero-order valence-corrected chi connectivity index (χ0v) is 22.0. The van der Waals surface area contributed by atoms with Crippen molar-refractivity contribution in [2.45, 2.75) is 19.1 Å². The SMILES string of the molecule is C[C@H](Nc1c(-c2nc3cc(C(F)(F)F)c(N4CCN(C)CC4)cc3[nH]2)c(=O)[nH]c2ccccc12)c1ccccn1. The van der Waals surface area contributed by atoms with Crippen LogP contribution >= 0.6 is 0 Å². The van der Waals surface area contributed by atoms with E-state index in [-0.39, 0.29) is 28.6 Å². The summed E-state index contributed by atoms with van der Waals surface area (Å²) in [7, 11) is 1.95. The van der Waals surface area contributed by atoms with Gasteiger partial charge in [-0.25, -0.2) is 4.98 Å². The Morgan fingerprint density at radius 2 is 1.73 bits per heavy atom. The average Bonchev–Trinajstić information content (AvgIpc) is 3.35. The van der Waals surface area contributed by atoms with Gasteiger partial charge in [0.25, 0.3) is 5.56 Å². The second-order valence-corrected chi connectivity index (χ2v) is 10.1. The predicted octanol–water partition coefficient (Wildman–Crippen LogP) is 5.41. The summed E-state index contributed by atoms with van der Waals surface area (Å²) < 4.78 is 42.6. The molecule has 0 aliphatic carbocycles. The van der Waals surface area contributed by atoms with Gasteiger partial charge in [0.05, 0.1) is 45.2 Å². The van der Waals surface area contributed by atoms with Crippen LogP contribution in [0, 0.1) is 0 Å². The fourth-order valence-corrected chi connectivity index (χ4v) is 5.24. The van der Waals surface area contributed by atoms with E-state index in [9.17, 15) is 18.0 Å². The molecule has 5 aromatic rings. The highest BCUT2D eigenvalue weighted by atomic mass is 19.4. The van der Waals surface area contributed by atoms with E-state index < -0.39 is 17.3 Å². The first-order valence-electron chi connectivity index (χ1n) is 13.1. The highest BCUT2D eigenvalue weighted by molar-refractivity contribution is 5.99. The summed E-state index contributed by atoms with van der Waals surface area (Å²) in [5, 5.41) is 4.17. The Morgan fingerprint density at radius 1 is 0.975 bits per heavy atom. The molecule has 206 valence electrons. The van der Waals surface area contributed by atoms with E-state index >= 15 is 0 Å². The molecule has 1 atom stereocenters. The number of hydrogen-bond donors (Lipinski definition) is 3. The lowest BCUT2D eigenvalue weighted by Gasteiger charge is -2.35. The van der Waals surface area contributed by atoms with Gasteiger partial charge in [0, 0.05) is 37.8 Å². The van der Waals surface area contributed by atoms with Crippen LogP contribution < -0.4 is 15.8 Å². The minimum Gasteiger partial charge on any atom is -0.376 e. The summed E-state index contributed by atoms with van der Waals surface area (Å²) in [5.41, 5.74) is 1.65. The standard InChI is InChI=1S/C29H28F3N7O/c1-17(20-8-5-6-10-33-20)34-26-18-7-3-4-9-21(18)37-28(40)25(26)27-35-22-15-19(29(30,31)32)24(16-23(22)36-27)39-13-11-38(2)12-14-39/h3-10,15-17H,11-14H2,1-2H3,(H,35,36)(H2,34,37,40)/t17-/m0/s1. The molecule has 6 rings (SSSR count). The highest BCUT2D eigenvalue weighted by Gasteiger charge is 2.36. The number of nitrogens with zero attached hydrogens (tertiary/aromatic N) is 4. The molecule has 3 N–H and O–H groups in total. The first kappa shape index (κ1) is 25.9. The maximum atomic E-state index is 14.2. The van der Waals surface area contributed by atoms with Crippen molar-refractivity contribution in [1.29, 1.82) is 0 Å². The van der Waals surface area contributed by atoms with Crippen molar-refractivity contribution in [2.24, 2.45) is 0 Å². The van der Waals surface area contributed by atoms with E-state index in [4.69, 9.17) is 0 Å². The molecule has 0 saturated carbocycles. The number of piperazine rings is 1. The van der Waals surface area contributed by atoms with Crippen LogP contribution in [0.25, 0.3) is 33.3 Å². The van der Waals surface area contributed by atoms with Crippen LogP contribution in [0.15, 0.2) is 65.6 Å². The average molecular weight is 548 g/mol. The zero-order valence-electron chi connectivity index (χ0n) is 22.0. The normalized spacial score (nSPS) is 15.6. The lowest BCUT2D eigenvalue weighted by atomic mass is 10.1. The summed E-state index contributed by atoms with van der Waals surface area (Å²) >= 11 is 0. The van der Waals surface area contributed by atoms with Gasteiger partial charge in [-0.05, 0) is 44.3 Å². The molecule has 2 aromatic carbocycles. The Balaban J connectivity index is 1.51. The minimum absolute atomic E-state index is 0.109. The number of pyridine rings is 2. The third-order valence-corrected chi connectivity index (χ3v) is 7.40. The lowest BCUT2D eigenvalue weighted by molar-refractivity contribution is -0.137. The van der Waals surface area contributed by atoms with Gasteiger partial charge in [-0.15, -0.1) is 0 Å². The number of hydrogen-bond acceptors (Lipinski definition) is 6. The molecule has 0 radical (unpaired) electrons. The van der Waals surface area contributed by atoms with Crippen molar-refractivity contribution in [2.75, 3.05) is 43.4 Å². The van der Waals surface area contributed by atoms with Crippen molar-refractivity contribution in [3.8, 4) is 11.4 Å². The van der Waals surface area contributed by atoms with Gasteiger partial charge in [-0.2, -0.15) is 13.2 Å². The van der Waals surface area contributed by atoms with E-state index in [0.717, 1.165) is 17.1 Å². The maximum Gasteiger partial charge on any atom is 0.418 e. The van der Waals surface area contributed by atoms with Crippen LogP contribution in [0.2, 0.25) is 0 Å². The summed E-state index contributed by atoms with van der Waals surface area (Å²) in [5.74, 6) is 0.182. The van der Waals surface area contributed by atoms with E-state index in [2.05, 4.69) is 30.2 Å². The molecule has 0 bridgehead atoms. The van der Waals surface area contributed by atoms with Crippen molar-refractivity contribution >= 4 is 33.3 Å². The largest absolute Gasteiger partial charge is 0.418 e. The van der Waals surface area contributed by atoms with Crippen LogP contribution in [0.5, 0.6) is 0 Å². The molecule has 1 saturated heterocycles. The smallest absolute Gasteiger partial charge is 0.376 e. The van der Waals surface area contributed by atoms with Crippen LogP contribution in [0.1, 0.15) is 24.2 Å². The molecule has 4 heterocycles. The molecule has 8 nitrogen and oxygen atoms in total. The quantitative estimate of drug-likeness (QED) is 0.273. The number of rotatable bonds is 5. The molecule has 11 heteroatoms. The molecule has 0 spiro atoms. The summed E-state index contributed by atoms with van der Waals surface area (Å²) in [4.78, 5) is 32.3. The number of aromatic amines is 2. The molecule has 1 aliphatic rings. The lowest BCUT2D eigenvalue weighted by Crippen LogP contribution is -2.45. The fourth-order valence-electron chi connectivity index (χ4n) is 5.24. The van der Waals surface area contributed by atoms with E-state index in [1.807, 2.05) is 50.4 Å². The summed E-state index contributed by atoms with van der Waals surface area (Å²) in [6, 6.07) is 15.2. The van der Waals surface area contributed by atoms with Gasteiger partial charge in [0.1, 0.15) is 11.4 Å². The number of halogens is 3. The topological polar surface area (TPSA) is 92.9 Å². The fraction of sp³-hybridized carbons (Fsp3) is 0.276. The number of benzene rings is 2. The van der Waals surface area contributed by atoms with E-state index in [1.54, 1.807) is 17.2 Å². The van der Waals surface area contributed by atoms with Crippen molar-refractivity contribution in [3.63, 3.8) is 0 Å². The number of nitrogens with one attached hydrogen (secondary N) is 3. The van der Waals surface area contributed by atoms with Crippen molar-refractivity contribution < 1.29 is 13.2 Å². The molecule has 0 amide bonds. The van der Waals surface area contributed by atoms with Gasteiger partial charge >= 0.3 is 6.18 Å². The van der Waals surface area contributed by atoms with Gasteiger partial charge in [-0.3, -0.25) is 9.78 Å². The van der Waals surface area contributed by atoms with E-state index in [0.29, 0.717) is 42.9 Å². The van der Waals surface area contributed by atoms with Crippen LogP contribution in [0.4, 0.5) is 24.5 Å². The molecular weight excluding hydrogens is 519 g/mol. The van der Waals surface area contributed by atoms with Gasteiger partial charge in [-0.1, -0.05) is 24.3 Å². The number of imidazole rings is 1. The molecular formula is C29H28F3N7O. The van der Waals surface area contributed by atoms with Crippen LogP contribution in [-0.2, 0) is 6.18 Å². The second kappa shape index (κ2) is 9.98. The maximum absolute atomic E-state index is 14.2. The number of aromatic nitrogens is 4. The highest BCUT2D eigenvalue weighted by Crippen LogP contribution is 2.40. The minimum atomic E-state index is -4.56. The molecule has 0 unspecified atom stereocenters. The van der Waals surface area contributed by atoms with Crippen LogP contribution in [0.3, 0.4) is 0 Å². The number of anilines is 2. The second-order valence-electron chi connectivity index (χ2n) is 10.1. The van der Waals surface area contributed by atoms with Crippen LogP contribution in [-0.4, -0.2) is 58.1 Å². The monoisotopic (exact) mass is 547 g/mol. The Bertz CT molecular complexity index is 1740. The van der Waals surface area contributed by atoms with Gasteiger partial charge in [0.2, 0.25) is 0 Å². The Labute approximate surface area is 227 Å². The number of alkyl halides is 3. The Morgan fingerprint density at radius 3 is 2.45 bits per heavy atom. The Kier molecular flexibility index (Phi) is 6.46. The molecule has 1 fully saturated rings.